The highest BCUT2D eigenvalue weighted by molar-refractivity contribution is 9.10. The number of hydrazone groups is 3. The Morgan fingerprint density at radius 1 is 0.400 bits per heavy atom. The van der Waals surface area contributed by atoms with E-state index in [1.165, 1.54) is 45.9 Å². The molecule has 10 aromatic rings. The average Bonchev–Trinajstić information content (AvgIpc) is 1.61. The number of carbonyl (C=O) groups excluding carboxylic acids is 12. The van der Waals surface area contributed by atoms with E-state index in [2.05, 4.69) is 99.0 Å². The Morgan fingerprint density at radius 3 is 1.19 bits per heavy atom. The number of aldehydes is 1. The lowest BCUT2D eigenvalue weighted by Gasteiger charge is -2.20. The van der Waals surface area contributed by atoms with Crippen molar-refractivity contribution in [2.45, 2.75) is 132 Å². The molecule has 37 heteroatoms. The number of H-pyrrole nitrogens is 5. The standard InChI is InChI=1S/C17H18N4O5.C16H18N2O5.C15H15BrN4O3.C15H16N4O3.C15H18N2O4/c1-17(2,3)26-16(24)19-8-5-9-12-10(7-18-21-14(9)22)13(15(23)25-4)20-11(12)6-8;1-16(2,3)23-15(21)18-10-5-11(14(20)22-4)13-9(8-19)7-17-12(13)6-10;1-15(2,3)23-14(22)18-7-4-8-11-9(6-17-20-13(8)21)12(16)19-10(11)5-7;1-15(2,3)22-14(21)18-9-4-10-12-8(6-16-11(12)5-9)7-17-19-13(10)20;1-15(2,3)21-14(19)17-9-7-11(13(18)20-4)10-5-6-16-12(10)8-9/h5-7,20H,1-4H3,(H,19,24)(H,21,22);5-8,17H,1-4H3,(H,18,21);4-6,19H,1-3H3,(H,18,22)(H,20,21);4-7,16H,1-3H3,(H,18,21)(H,19,20);5-8,16H,1-4H3,(H,17,19). The Balaban J connectivity index is 0.000000165. The first-order valence-electron chi connectivity index (χ1n) is 35.0. The van der Waals surface area contributed by atoms with Crippen molar-refractivity contribution in [1.29, 1.82) is 0 Å². The Labute approximate surface area is 664 Å². The van der Waals surface area contributed by atoms with Crippen molar-refractivity contribution in [3.8, 4) is 0 Å². The van der Waals surface area contributed by atoms with E-state index in [1.54, 1.807) is 183 Å². The van der Waals surface area contributed by atoms with E-state index in [0.717, 1.165) is 38.3 Å². The molecule has 13 N–H and O–H groups in total. The number of ether oxygens (including phenoxy) is 8. The van der Waals surface area contributed by atoms with Crippen LogP contribution in [0.25, 0.3) is 54.5 Å². The van der Waals surface area contributed by atoms with Crippen molar-refractivity contribution in [2.24, 2.45) is 15.3 Å². The number of anilines is 5. The smallest absolute Gasteiger partial charge is 0.412 e. The Hall–Kier alpha value is -13.9. The molecule has 0 saturated heterocycles. The molecule has 5 aromatic heterocycles. The number of rotatable bonds is 9. The third-order valence-corrected chi connectivity index (χ3v) is 16.1. The van der Waals surface area contributed by atoms with Crippen LogP contribution in [-0.2, 0) is 37.9 Å². The number of halogens is 1. The van der Waals surface area contributed by atoms with E-state index in [9.17, 15) is 57.5 Å². The molecule has 5 aromatic carbocycles. The summed E-state index contributed by atoms with van der Waals surface area (Å²) in [6.07, 6.45) is 7.09. The summed E-state index contributed by atoms with van der Waals surface area (Å²) < 4.78 is 41.0. The van der Waals surface area contributed by atoms with Crippen LogP contribution in [0.3, 0.4) is 0 Å². The summed E-state index contributed by atoms with van der Waals surface area (Å²) in [5.41, 5.74) is 13.6. The highest BCUT2D eigenvalue weighted by atomic mass is 79.9. The Morgan fingerprint density at radius 2 is 0.757 bits per heavy atom. The van der Waals surface area contributed by atoms with Crippen LogP contribution in [0.4, 0.5) is 52.4 Å². The van der Waals surface area contributed by atoms with Crippen LogP contribution in [0.2, 0.25) is 0 Å². The Kier molecular flexibility index (Phi) is 25.5. The van der Waals surface area contributed by atoms with Crippen LogP contribution < -0.4 is 42.9 Å². The first-order chi connectivity index (χ1) is 53.8. The van der Waals surface area contributed by atoms with Crippen molar-refractivity contribution in [3.63, 3.8) is 0 Å². The van der Waals surface area contributed by atoms with Crippen molar-refractivity contribution >= 4 is 190 Å². The molecule has 13 rings (SSSR count). The van der Waals surface area contributed by atoms with Crippen molar-refractivity contribution in [1.82, 2.24) is 41.2 Å². The Bertz CT molecular complexity index is 5650. The molecule has 3 aliphatic heterocycles. The number of aromatic nitrogens is 5. The molecule has 0 radical (unpaired) electrons. The van der Waals surface area contributed by atoms with Gasteiger partial charge in [-0.15, -0.1) is 0 Å². The molecule has 36 nitrogen and oxygen atoms in total. The highest BCUT2D eigenvalue weighted by Gasteiger charge is 2.29. The molecule has 0 atom stereocenters. The number of nitrogens with zero attached hydrogens (tertiary/aromatic N) is 3. The zero-order valence-electron chi connectivity index (χ0n) is 65.8. The summed E-state index contributed by atoms with van der Waals surface area (Å²) in [6, 6.07) is 17.9. The van der Waals surface area contributed by atoms with Crippen LogP contribution in [0, 0.1) is 0 Å². The lowest BCUT2D eigenvalue weighted by atomic mass is 10.0. The van der Waals surface area contributed by atoms with Gasteiger partial charge in [0, 0.05) is 124 Å². The molecular weight excluding hydrogens is 1560 g/mol. The molecule has 8 amide bonds. The quantitative estimate of drug-likeness (QED) is 0.0363. The van der Waals surface area contributed by atoms with Gasteiger partial charge in [-0.05, 0) is 187 Å². The fraction of sp³-hybridized carbons (Fsp3) is 0.295. The minimum absolute atomic E-state index is 0.165. The minimum atomic E-state index is -0.664. The van der Waals surface area contributed by atoms with Gasteiger partial charge in [0.15, 0.2) is 6.29 Å². The summed E-state index contributed by atoms with van der Waals surface area (Å²) in [4.78, 5) is 158. The van der Waals surface area contributed by atoms with Gasteiger partial charge in [-0.2, -0.15) is 15.3 Å². The first-order valence-corrected chi connectivity index (χ1v) is 35.8. The molecular formula is C78H85BrN16O20. The number of carbonyl (C=O) groups is 12. The number of aromatic amines is 5. The number of amides is 8. The zero-order valence-corrected chi connectivity index (χ0v) is 67.4. The van der Waals surface area contributed by atoms with E-state index in [-0.39, 0.29) is 28.6 Å². The lowest BCUT2D eigenvalue weighted by molar-refractivity contribution is 0.0588. The van der Waals surface area contributed by atoms with Crippen molar-refractivity contribution in [3.05, 3.63) is 146 Å². The maximum atomic E-state index is 12.3. The average molecular weight is 1650 g/mol. The molecule has 0 spiro atoms. The number of esters is 3. The summed E-state index contributed by atoms with van der Waals surface area (Å²) in [6.45, 7) is 26.5. The molecule has 0 bridgehead atoms. The van der Waals surface area contributed by atoms with Crippen molar-refractivity contribution < 1.29 is 95.4 Å². The predicted octanol–water partition coefficient (Wildman–Crippen LogP) is 14.7. The number of nitrogens with one attached hydrogen (secondary N) is 13. The SMILES string of the molecule is CC(C)(C)OC(=O)Nc1cc2c3c(c(Br)[nH]c3c1)C=NNC2=O.CC(C)(C)OC(=O)Nc1cc2c3c(c[nH]c3c1)C=NNC2=O.COC(=O)c1[nH]c2cc(NC(=O)OC(C)(C)C)cc3c2c1C=NNC3=O.COC(=O)c1cc(NC(=O)OC(C)(C)C)cc2[nH]cc(C=O)c12.COC(=O)c1cc(NC(=O)OC(C)(C)C)cc2[nH]ccc12. The minimum Gasteiger partial charge on any atom is -0.465 e. The maximum absolute atomic E-state index is 12.3. The summed E-state index contributed by atoms with van der Waals surface area (Å²) >= 11 is 3.41. The summed E-state index contributed by atoms with van der Waals surface area (Å²) in [5, 5.41) is 27.8. The van der Waals surface area contributed by atoms with Gasteiger partial charge in [0.1, 0.15) is 33.7 Å². The predicted molar refractivity (Wildman–Crippen MR) is 433 cm³/mol. The third-order valence-electron chi connectivity index (χ3n) is 15.5. The van der Waals surface area contributed by atoms with E-state index in [0.29, 0.717) is 94.5 Å². The molecule has 115 heavy (non-hydrogen) atoms. The number of hydrogen-bond acceptors (Lipinski definition) is 23. The molecule has 3 aliphatic rings. The second-order valence-corrected chi connectivity index (χ2v) is 31.1. The number of benzene rings is 5. The van der Waals surface area contributed by atoms with Gasteiger partial charge in [-0.1, -0.05) is 0 Å². The highest BCUT2D eigenvalue weighted by Crippen LogP contribution is 2.36. The molecule has 0 fully saturated rings. The van der Waals surface area contributed by atoms with Gasteiger partial charge in [0.25, 0.3) is 17.7 Å². The van der Waals surface area contributed by atoms with E-state index >= 15 is 0 Å². The molecule has 0 unspecified atom stereocenters. The number of hydrogen-bond donors (Lipinski definition) is 13. The fourth-order valence-electron chi connectivity index (χ4n) is 11.4. The van der Waals surface area contributed by atoms with Crippen molar-refractivity contribution in [2.75, 3.05) is 47.9 Å². The summed E-state index contributed by atoms with van der Waals surface area (Å²) in [7, 11) is 3.82. The molecule has 8 heterocycles. The second kappa shape index (κ2) is 34.4. The van der Waals surface area contributed by atoms with E-state index in [4.69, 9.17) is 37.9 Å². The van der Waals surface area contributed by atoms with Crippen LogP contribution in [-0.4, -0.2) is 165 Å². The zero-order chi connectivity index (χ0) is 84.6. The number of methoxy groups -OCH3 is 3. The maximum Gasteiger partial charge on any atom is 0.412 e. The number of fused-ring (bicyclic) bond motifs is 2. The van der Waals surface area contributed by atoms with Crippen LogP contribution in [0.15, 0.2) is 105 Å². The molecule has 604 valence electrons. The van der Waals surface area contributed by atoms with Gasteiger partial charge in [-0.25, -0.2) is 54.6 Å². The topological polar surface area (TPSA) is 491 Å². The van der Waals surface area contributed by atoms with Crippen LogP contribution >= 0.6 is 15.9 Å². The van der Waals surface area contributed by atoms with Gasteiger partial charge in [-0.3, -0.25) is 45.8 Å². The van der Waals surface area contributed by atoms with Gasteiger partial charge in [0.2, 0.25) is 0 Å². The second-order valence-electron chi connectivity index (χ2n) is 30.3. The van der Waals surface area contributed by atoms with Gasteiger partial charge >= 0.3 is 48.4 Å². The largest absolute Gasteiger partial charge is 0.465 e. The van der Waals surface area contributed by atoms with E-state index < -0.39 is 82.3 Å². The normalized spacial score (nSPS) is 12.6. The van der Waals surface area contributed by atoms with E-state index in [1.807, 2.05) is 0 Å². The first kappa shape index (κ1) is 85.1. The lowest BCUT2D eigenvalue weighted by Crippen LogP contribution is -2.27. The van der Waals surface area contributed by atoms with Crippen LogP contribution in [0.1, 0.15) is 193 Å². The van der Waals surface area contributed by atoms with Gasteiger partial charge < -0.3 is 62.8 Å². The monoisotopic (exact) mass is 1640 g/mol. The molecule has 0 aliphatic carbocycles. The summed E-state index contributed by atoms with van der Waals surface area (Å²) in [5.74, 6) is -2.80. The van der Waals surface area contributed by atoms with Gasteiger partial charge in [0.05, 0.1) is 72.4 Å². The fourth-order valence-corrected chi connectivity index (χ4v) is 11.9. The molecule has 0 saturated carbocycles. The van der Waals surface area contributed by atoms with Crippen LogP contribution in [0.5, 0.6) is 0 Å². The third kappa shape index (κ3) is 22.0.